The van der Waals surface area contributed by atoms with Crippen molar-refractivity contribution in [2.45, 2.75) is 25.8 Å². The van der Waals surface area contributed by atoms with Gasteiger partial charge in [0.2, 0.25) is 0 Å². The SMILES string of the molecule is COc1cccc(C(c2oc3ccccc3c2NC(=O)c2cccs2)N2CCC(C)CC2)c1OC. The molecule has 1 amide bonds. The van der Waals surface area contributed by atoms with Crippen molar-refractivity contribution in [3.05, 3.63) is 76.2 Å². The fourth-order valence-electron chi connectivity index (χ4n) is 4.89. The Morgan fingerprint density at radius 2 is 1.86 bits per heavy atom. The molecule has 1 aliphatic heterocycles. The normalized spacial score (nSPS) is 15.7. The minimum absolute atomic E-state index is 0.142. The van der Waals surface area contributed by atoms with E-state index in [0.717, 1.165) is 42.5 Å². The highest BCUT2D eigenvalue weighted by molar-refractivity contribution is 7.12. The molecule has 0 spiro atoms. The summed E-state index contributed by atoms with van der Waals surface area (Å²) < 4.78 is 18.0. The van der Waals surface area contributed by atoms with Crippen molar-refractivity contribution >= 4 is 33.9 Å². The van der Waals surface area contributed by atoms with E-state index in [1.807, 2.05) is 53.9 Å². The standard InChI is InChI=1S/C28H30N2O4S/c1-18-13-15-30(16-14-18)25(20-9-6-11-22(32-2)26(20)33-3)27-24(19-8-4-5-10-21(19)34-27)29-28(31)23-12-7-17-35-23/h4-12,17-18,25H,13-16H2,1-3H3,(H,29,31). The van der Waals surface area contributed by atoms with Crippen molar-refractivity contribution < 1.29 is 18.7 Å². The van der Waals surface area contributed by atoms with Gasteiger partial charge in [-0.2, -0.15) is 0 Å². The van der Waals surface area contributed by atoms with Gasteiger partial charge in [0.05, 0.1) is 30.8 Å². The molecular formula is C28H30N2O4S. The zero-order valence-corrected chi connectivity index (χ0v) is 21.1. The number of likely N-dealkylation sites (tertiary alicyclic amines) is 1. The second kappa shape index (κ2) is 10.1. The molecule has 4 aromatic rings. The van der Waals surface area contributed by atoms with Crippen LogP contribution in [0.25, 0.3) is 11.0 Å². The lowest BCUT2D eigenvalue weighted by atomic mass is 9.93. The van der Waals surface area contributed by atoms with E-state index < -0.39 is 0 Å². The molecule has 35 heavy (non-hydrogen) atoms. The summed E-state index contributed by atoms with van der Waals surface area (Å²) >= 11 is 1.42. The number of hydrogen-bond acceptors (Lipinski definition) is 6. The van der Waals surface area contributed by atoms with Crippen LogP contribution < -0.4 is 14.8 Å². The maximum absolute atomic E-state index is 13.2. The van der Waals surface area contributed by atoms with Gasteiger partial charge in [-0.25, -0.2) is 0 Å². The van der Waals surface area contributed by atoms with Gasteiger partial charge >= 0.3 is 0 Å². The second-order valence-electron chi connectivity index (χ2n) is 8.97. The number of hydrogen-bond donors (Lipinski definition) is 1. The smallest absolute Gasteiger partial charge is 0.265 e. The Balaban J connectivity index is 1.69. The van der Waals surface area contributed by atoms with Crippen LogP contribution in [0.4, 0.5) is 5.69 Å². The van der Waals surface area contributed by atoms with Crippen LogP contribution in [0.1, 0.15) is 46.8 Å². The van der Waals surface area contributed by atoms with Gasteiger partial charge in [-0.15, -0.1) is 11.3 Å². The zero-order valence-electron chi connectivity index (χ0n) is 20.2. The third kappa shape index (κ3) is 4.54. The highest BCUT2D eigenvalue weighted by atomic mass is 32.1. The largest absolute Gasteiger partial charge is 0.493 e. The van der Waals surface area contributed by atoms with E-state index in [9.17, 15) is 4.79 Å². The number of carbonyl (C=O) groups excluding carboxylic acids is 1. The van der Waals surface area contributed by atoms with Crippen molar-refractivity contribution in [3.63, 3.8) is 0 Å². The summed E-state index contributed by atoms with van der Waals surface area (Å²) in [4.78, 5) is 16.3. The molecule has 2 aromatic carbocycles. The number of carbonyl (C=O) groups is 1. The predicted molar refractivity (Wildman–Crippen MR) is 140 cm³/mol. The Morgan fingerprint density at radius 1 is 1.06 bits per heavy atom. The third-order valence-electron chi connectivity index (χ3n) is 6.77. The number of methoxy groups -OCH3 is 2. The molecule has 1 fully saturated rings. The number of para-hydroxylation sites is 2. The summed E-state index contributed by atoms with van der Waals surface area (Å²) in [5.41, 5.74) is 2.39. The van der Waals surface area contributed by atoms with Crippen LogP contribution >= 0.6 is 11.3 Å². The first-order chi connectivity index (χ1) is 17.1. The fourth-order valence-corrected chi connectivity index (χ4v) is 5.51. The quantitative estimate of drug-likeness (QED) is 0.317. The molecule has 3 heterocycles. The van der Waals surface area contributed by atoms with E-state index in [-0.39, 0.29) is 11.9 Å². The fraction of sp³-hybridized carbons (Fsp3) is 0.321. The van der Waals surface area contributed by atoms with Crippen molar-refractivity contribution in [1.82, 2.24) is 4.90 Å². The highest BCUT2D eigenvalue weighted by Gasteiger charge is 2.35. The van der Waals surface area contributed by atoms with Crippen molar-refractivity contribution in [3.8, 4) is 11.5 Å². The van der Waals surface area contributed by atoms with Crippen LogP contribution in [0.5, 0.6) is 11.5 Å². The summed E-state index contributed by atoms with van der Waals surface area (Å²) in [6, 6.07) is 17.2. The number of ether oxygens (including phenoxy) is 2. The topological polar surface area (TPSA) is 63.9 Å². The van der Waals surface area contributed by atoms with Crippen LogP contribution in [0, 0.1) is 5.92 Å². The monoisotopic (exact) mass is 490 g/mol. The number of rotatable bonds is 7. The number of amides is 1. The van der Waals surface area contributed by atoms with Crippen molar-refractivity contribution in [2.24, 2.45) is 5.92 Å². The summed E-state index contributed by atoms with van der Waals surface area (Å²) in [6.45, 7) is 4.13. The molecule has 0 radical (unpaired) electrons. The van der Waals surface area contributed by atoms with Gasteiger partial charge in [0.1, 0.15) is 5.58 Å². The Labute approximate surface area is 209 Å². The van der Waals surface area contributed by atoms with Crippen LogP contribution in [0.2, 0.25) is 0 Å². The van der Waals surface area contributed by atoms with E-state index in [4.69, 9.17) is 13.9 Å². The molecule has 7 heteroatoms. The molecule has 182 valence electrons. The van der Waals surface area contributed by atoms with Gasteiger partial charge < -0.3 is 19.2 Å². The highest BCUT2D eigenvalue weighted by Crippen LogP contribution is 2.46. The van der Waals surface area contributed by atoms with E-state index in [1.165, 1.54) is 11.3 Å². The molecule has 0 aliphatic carbocycles. The molecule has 5 rings (SSSR count). The Hall–Kier alpha value is -3.29. The van der Waals surface area contributed by atoms with E-state index in [2.05, 4.69) is 23.2 Å². The first kappa shape index (κ1) is 23.5. The first-order valence-electron chi connectivity index (χ1n) is 11.9. The summed E-state index contributed by atoms with van der Waals surface area (Å²) in [5, 5.41) is 5.96. The van der Waals surface area contributed by atoms with E-state index in [1.54, 1.807) is 14.2 Å². The Morgan fingerprint density at radius 3 is 2.57 bits per heavy atom. The minimum Gasteiger partial charge on any atom is -0.493 e. The van der Waals surface area contributed by atoms with Crippen LogP contribution in [0.15, 0.2) is 64.4 Å². The number of benzene rings is 2. The zero-order chi connectivity index (χ0) is 24.4. The molecule has 0 bridgehead atoms. The number of piperidine rings is 1. The number of fused-ring (bicyclic) bond motifs is 1. The molecule has 0 saturated carbocycles. The lowest BCUT2D eigenvalue weighted by Gasteiger charge is -2.37. The van der Waals surface area contributed by atoms with Crippen LogP contribution in [0.3, 0.4) is 0 Å². The summed E-state index contributed by atoms with van der Waals surface area (Å²) in [7, 11) is 3.31. The number of nitrogens with one attached hydrogen (secondary N) is 1. The van der Waals surface area contributed by atoms with Crippen molar-refractivity contribution in [2.75, 3.05) is 32.6 Å². The van der Waals surface area contributed by atoms with Gasteiger partial charge in [-0.05, 0) is 61.5 Å². The molecule has 6 nitrogen and oxygen atoms in total. The van der Waals surface area contributed by atoms with Gasteiger partial charge in [-0.3, -0.25) is 9.69 Å². The van der Waals surface area contributed by atoms with Crippen molar-refractivity contribution in [1.29, 1.82) is 0 Å². The number of thiophene rings is 1. The maximum atomic E-state index is 13.2. The molecule has 1 atom stereocenters. The number of furan rings is 1. The number of nitrogens with zero attached hydrogens (tertiary/aromatic N) is 1. The van der Waals surface area contributed by atoms with Gasteiger partial charge in [0.15, 0.2) is 17.3 Å². The Kier molecular flexibility index (Phi) is 6.79. The van der Waals surface area contributed by atoms with Gasteiger partial charge in [-0.1, -0.05) is 37.3 Å². The summed E-state index contributed by atoms with van der Waals surface area (Å²) in [6.07, 6.45) is 2.19. The predicted octanol–water partition coefficient (Wildman–Crippen LogP) is 6.59. The molecule has 2 aromatic heterocycles. The van der Waals surface area contributed by atoms with Gasteiger partial charge in [0, 0.05) is 10.9 Å². The molecule has 1 aliphatic rings. The van der Waals surface area contributed by atoms with E-state index in [0.29, 0.717) is 33.7 Å². The molecular weight excluding hydrogens is 460 g/mol. The average Bonchev–Trinajstić information content (AvgIpc) is 3.54. The van der Waals surface area contributed by atoms with Crippen LogP contribution in [-0.4, -0.2) is 38.1 Å². The van der Waals surface area contributed by atoms with E-state index >= 15 is 0 Å². The minimum atomic E-state index is -0.251. The first-order valence-corrected chi connectivity index (χ1v) is 12.8. The molecule has 1 unspecified atom stereocenters. The van der Waals surface area contributed by atoms with Gasteiger partial charge in [0.25, 0.3) is 5.91 Å². The third-order valence-corrected chi connectivity index (χ3v) is 7.63. The maximum Gasteiger partial charge on any atom is 0.265 e. The Bertz CT molecular complexity index is 1310. The average molecular weight is 491 g/mol. The lowest BCUT2D eigenvalue weighted by molar-refractivity contribution is 0.102. The van der Waals surface area contributed by atoms with Crippen LogP contribution in [-0.2, 0) is 0 Å². The second-order valence-corrected chi connectivity index (χ2v) is 9.92. The lowest BCUT2D eigenvalue weighted by Crippen LogP contribution is -2.37. The number of anilines is 1. The molecule has 1 N–H and O–H groups in total. The summed E-state index contributed by atoms with van der Waals surface area (Å²) in [5.74, 6) is 2.58. The molecule has 1 saturated heterocycles.